The normalized spacial score (nSPS) is 16.4. The summed E-state index contributed by atoms with van der Waals surface area (Å²) in [5.74, 6) is 0.700. The zero-order chi connectivity index (χ0) is 15.5. The Hall–Kier alpha value is -2.11. The zero-order valence-electron chi connectivity index (χ0n) is 11.9. The molecule has 0 atom stereocenters. The van der Waals surface area contributed by atoms with Gasteiger partial charge in [-0.15, -0.1) is 0 Å². The number of benzene rings is 2. The molecule has 1 aliphatic heterocycles. The van der Waals surface area contributed by atoms with E-state index in [1.165, 1.54) is 11.8 Å². The highest BCUT2D eigenvalue weighted by molar-refractivity contribution is 8.27. The van der Waals surface area contributed by atoms with Gasteiger partial charge in [0.15, 0.2) is 4.32 Å². The van der Waals surface area contributed by atoms with Gasteiger partial charge in [-0.3, -0.25) is 9.69 Å². The molecule has 1 fully saturated rings. The monoisotopic (exact) mass is 327 g/mol. The lowest BCUT2D eigenvalue weighted by Crippen LogP contribution is -2.27. The van der Waals surface area contributed by atoms with E-state index in [0.717, 1.165) is 17.0 Å². The number of carbonyl (C=O) groups is 1. The van der Waals surface area contributed by atoms with Gasteiger partial charge in [0.2, 0.25) is 0 Å². The topological polar surface area (TPSA) is 29.5 Å². The lowest BCUT2D eigenvalue weighted by molar-refractivity contribution is -0.113. The van der Waals surface area contributed by atoms with E-state index in [1.807, 2.05) is 60.7 Å². The number of amides is 1. The first-order valence-corrected chi connectivity index (χ1v) is 7.88. The maximum atomic E-state index is 12.6. The molecule has 1 aliphatic rings. The Kier molecular flexibility index (Phi) is 4.27. The summed E-state index contributed by atoms with van der Waals surface area (Å²) in [4.78, 5) is 14.8. The van der Waals surface area contributed by atoms with Crippen molar-refractivity contribution in [3.8, 4) is 5.75 Å². The minimum atomic E-state index is -0.0861. The second kappa shape index (κ2) is 6.34. The number of rotatable bonds is 3. The molecule has 3 rings (SSSR count). The maximum absolute atomic E-state index is 12.6. The fourth-order valence-corrected chi connectivity index (χ4v) is 3.42. The fourth-order valence-electron chi connectivity index (χ4n) is 2.12. The van der Waals surface area contributed by atoms with Crippen molar-refractivity contribution in [3.05, 3.63) is 65.1 Å². The van der Waals surface area contributed by atoms with E-state index in [1.54, 1.807) is 12.0 Å². The van der Waals surface area contributed by atoms with Gasteiger partial charge < -0.3 is 4.74 Å². The Morgan fingerprint density at radius 3 is 2.41 bits per heavy atom. The molecule has 0 bridgehead atoms. The number of hydrogen-bond acceptors (Lipinski definition) is 4. The molecule has 0 spiro atoms. The van der Waals surface area contributed by atoms with Crippen LogP contribution in [-0.4, -0.2) is 17.3 Å². The lowest BCUT2D eigenvalue weighted by atomic mass is 10.2. The number of para-hydroxylation sites is 1. The summed E-state index contributed by atoms with van der Waals surface area (Å²) >= 11 is 6.66. The Bertz CT molecular complexity index is 739. The van der Waals surface area contributed by atoms with E-state index in [2.05, 4.69) is 0 Å². The molecule has 0 saturated carbocycles. The highest BCUT2D eigenvalue weighted by Gasteiger charge is 2.33. The van der Waals surface area contributed by atoms with E-state index in [4.69, 9.17) is 17.0 Å². The average Bonchev–Trinajstić information content (AvgIpc) is 2.83. The minimum absolute atomic E-state index is 0.0861. The second-order valence-corrected chi connectivity index (χ2v) is 6.30. The largest absolute Gasteiger partial charge is 0.497 e. The number of thiocarbonyl (C=S) groups is 1. The van der Waals surface area contributed by atoms with Crippen molar-refractivity contribution in [2.24, 2.45) is 0 Å². The van der Waals surface area contributed by atoms with Crippen molar-refractivity contribution in [2.45, 2.75) is 0 Å². The van der Waals surface area contributed by atoms with E-state index < -0.39 is 0 Å². The third-order valence-electron chi connectivity index (χ3n) is 3.22. The highest BCUT2D eigenvalue weighted by atomic mass is 32.2. The van der Waals surface area contributed by atoms with Gasteiger partial charge in [0, 0.05) is 0 Å². The van der Waals surface area contributed by atoms with Crippen LogP contribution < -0.4 is 9.64 Å². The molecular formula is C17H13NO2S2. The first kappa shape index (κ1) is 14.8. The van der Waals surface area contributed by atoms with Gasteiger partial charge in [0.05, 0.1) is 17.7 Å². The summed E-state index contributed by atoms with van der Waals surface area (Å²) in [6.07, 6.45) is 1.85. The molecule has 110 valence electrons. The average molecular weight is 327 g/mol. The van der Waals surface area contributed by atoms with Crippen LogP contribution >= 0.6 is 24.0 Å². The quantitative estimate of drug-likeness (QED) is 0.627. The van der Waals surface area contributed by atoms with Gasteiger partial charge in [0.1, 0.15) is 5.75 Å². The van der Waals surface area contributed by atoms with Crippen molar-refractivity contribution in [3.63, 3.8) is 0 Å². The van der Waals surface area contributed by atoms with Gasteiger partial charge in [0.25, 0.3) is 5.91 Å². The van der Waals surface area contributed by atoms with Crippen LogP contribution in [0, 0.1) is 0 Å². The number of nitrogens with zero attached hydrogens (tertiary/aromatic N) is 1. The lowest BCUT2D eigenvalue weighted by Gasteiger charge is -2.13. The Morgan fingerprint density at radius 2 is 1.77 bits per heavy atom. The summed E-state index contributed by atoms with van der Waals surface area (Å²) in [6, 6.07) is 17.0. The molecule has 5 heteroatoms. The molecule has 1 amide bonds. The predicted molar refractivity (Wildman–Crippen MR) is 95.1 cm³/mol. The van der Waals surface area contributed by atoms with E-state index in [9.17, 15) is 4.79 Å². The summed E-state index contributed by atoms with van der Waals surface area (Å²) in [5.41, 5.74) is 1.73. The zero-order valence-corrected chi connectivity index (χ0v) is 13.5. The third kappa shape index (κ3) is 2.91. The predicted octanol–water partition coefficient (Wildman–Crippen LogP) is 4.10. The van der Waals surface area contributed by atoms with E-state index >= 15 is 0 Å². The van der Waals surface area contributed by atoms with Crippen molar-refractivity contribution >= 4 is 46.0 Å². The Labute approximate surface area is 138 Å². The second-order valence-electron chi connectivity index (χ2n) is 4.63. The van der Waals surface area contributed by atoms with Gasteiger partial charge in [-0.25, -0.2) is 0 Å². The molecule has 2 aromatic rings. The first-order chi connectivity index (χ1) is 10.7. The number of carbonyl (C=O) groups excluding carboxylic acids is 1. The minimum Gasteiger partial charge on any atom is -0.497 e. The van der Waals surface area contributed by atoms with Crippen molar-refractivity contribution < 1.29 is 9.53 Å². The third-order valence-corrected chi connectivity index (χ3v) is 4.52. The SMILES string of the molecule is COc1ccc(/C=C2\SC(=S)N(c3ccccc3)C2=O)cc1. The number of thioether (sulfide) groups is 1. The number of methoxy groups -OCH3 is 1. The molecule has 0 aromatic heterocycles. The Morgan fingerprint density at radius 1 is 1.09 bits per heavy atom. The van der Waals surface area contributed by atoms with Crippen LogP contribution in [0.4, 0.5) is 5.69 Å². The van der Waals surface area contributed by atoms with Gasteiger partial charge in [-0.05, 0) is 35.9 Å². The molecule has 1 heterocycles. The van der Waals surface area contributed by atoms with Gasteiger partial charge in [-0.1, -0.05) is 54.3 Å². The maximum Gasteiger partial charge on any atom is 0.270 e. The van der Waals surface area contributed by atoms with E-state index in [-0.39, 0.29) is 5.91 Å². The van der Waals surface area contributed by atoms with Crippen LogP contribution in [0.3, 0.4) is 0 Å². The number of hydrogen-bond donors (Lipinski definition) is 0. The van der Waals surface area contributed by atoms with Crippen LogP contribution in [0.2, 0.25) is 0 Å². The molecule has 0 unspecified atom stereocenters. The van der Waals surface area contributed by atoms with Crippen molar-refractivity contribution in [1.29, 1.82) is 0 Å². The number of anilines is 1. The molecule has 1 saturated heterocycles. The highest BCUT2D eigenvalue weighted by Crippen LogP contribution is 2.35. The summed E-state index contributed by atoms with van der Waals surface area (Å²) in [6.45, 7) is 0. The summed E-state index contributed by atoms with van der Waals surface area (Å²) in [7, 11) is 1.62. The standard InChI is InChI=1S/C17H13NO2S2/c1-20-14-9-7-12(8-10-14)11-15-16(19)18(17(21)22-15)13-5-3-2-4-6-13/h2-11H,1H3/b15-11-. The summed E-state index contributed by atoms with van der Waals surface area (Å²) < 4.78 is 5.68. The van der Waals surface area contributed by atoms with Crippen LogP contribution in [-0.2, 0) is 4.79 Å². The molecule has 0 N–H and O–H groups in total. The van der Waals surface area contributed by atoms with Crippen molar-refractivity contribution in [2.75, 3.05) is 12.0 Å². The number of ether oxygens (including phenoxy) is 1. The molecule has 22 heavy (non-hydrogen) atoms. The van der Waals surface area contributed by atoms with Crippen molar-refractivity contribution in [1.82, 2.24) is 0 Å². The Balaban J connectivity index is 1.88. The summed E-state index contributed by atoms with van der Waals surface area (Å²) in [5, 5.41) is 0. The van der Waals surface area contributed by atoms with Crippen LogP contribution in [0.5, 0.6) is 5.75 Å². The van der Waals surface area contributed by atoms with Crippen LogP contribution in [0.15, 0.2) is 59.5 Å². The van der Waals surface area contributed by atoms with Crippen LogP contribution in [0.25, 0.3) is 6.08 Å². The smallest absolute Gasteiger partial charge is 0.270 e. The fraction of sp³-hybridized carbons (Fsp3) is 0.0588. The first-order valence-electron chi connectivity index (χ1n) is 6.66. The van der Waals surface area contributed by atoms with Gasteiger partial charge >= 0.3 is 0 Å². The molecule has 3 nitrogen and oxygen atoms in total. The van der Waals surface area contributed by atoms with Gasteiger partial charge in [-0.2, -0.15) is 0 Å². The van der Waals surface area contributed by atoms with E-state index in [0.29, 0.717) is 9.23 Å². The molecular weight excluding hydrogens is 314 g/mol. The molecule has 0 aliphatic carbocycles. The molecule has 0 radical (unpaired) electrons. The van der Waals surface area contributed by atoms with Crippen LogP contribution in [0.1, 0.15) is 5.56 Å². The molecule has 2 aromatic carbocycles.